The number of benzene rings is 2. The van der Waals surface area contributed by atoms with Crippen molar-refractivity contribution in [2.45, 2.75) is 31.7 Å². The number of amides is 1. The highest BCUT2D eigenvalue weighted by atomic mass is 32.2. The van der Waals surface area contributed by atoms with Crippen molar-refractivity contribution in [3.8, 4) is 0 Å². The number of hydrogen-bond acceptors (Lipinski definition) is 5. The first-order valence-electron chi connectivity index (χ1n) is 9.75. The highest BCUT2D eigenvalue weighted by Gasteiger charge is 2.24. The second-order valence-electron chi connectivity index (χ2n) is 7.04. The van der Waals surface area contributed by atoms with Gasteiger partial charge in [-0.15, -0.1) is 0 Å². The molecule has 1 atom stereocenters. The molecule has 3 rings (SSSR count). The summed E-state index contributed by atoms with van der Waals surface area (Å²) in [6.45, 7) is -0.325. The number of fused-ring (bicyclic) bond motifs is 1. The summed E-state index contributed by atoms with van der Waals surface area (Å²) in [6, 6.07) is 13.6. The Hall–Kier alpha value is -2.60. The predicted octanol–water partition coefficient (Wildman–Crippen LogP) is 3.45. The van der Waals surface area contributed by atoms with Crippen molar-refractivity contribution in [3.05, 3.63) is 70.8 Å². The lowest BCUT2D eigenvalue weighted by Crippen LogP contribution is -2.42. The van der Waals surface area contributed by atoms with Crippen LogP contribution in [0.3, 0.4) is 0 Å². The van der Waals surface area contributed by atoms with Crippen LogP contribution >= 0.6 is 11.8 Å². The van der Waals surface area contributed by atoms with E-state index in [2.05, 4.69) is 5.32 Å². The van der Waals surface area contributed by atoms with Crippen molar-refractivity contribution >= 4 is 29.4 Å². The van der Waals surface area contributed by atoms with Crippen LogP contribution in [0.5, 0.6) is 0 Å². The van der Waals surface area contributed by atoms with Crippen LogP contribution in [0.4, 0.5) is 0 Å². The van der Waals surface area contributed by atoms with Gasteiger partial charge in [-0.3, -0.25) is 9.59 Å². The van der Waals surface area contributed by atoms with Crippen molar-refractivity contribution in [2.75, 3.05) is 18.6 Å². The third-order valence-corrected chi connectivity index (χ3v) is 5.65. The number of carbonyl (C=O) groups is 3. The second kappa shape index (κ2) is 10.3. The van der Waals surface area contributed by atoms with Gasteiger partial charge in [-0.2, -0.15) is 11.8 Å². The Morgan fingerprint density at radius 3 is 2.55 bits per heavy atom. The van der Waals surface area contributed by atoms with Gasteiger partial charge in [-0.1, -0.05) is 30.3 Å². The van der Waals surface area contributed by atoms with Gasteiger partial charge < -0.3 is 10.1 Å². The van der Waals surface area contributed by atoms with Gasteiger partial charge in [-0.25, -0.2) is 4.79 Å². The summed E-state index contributed by atoms with van der Waals surface area (Å²) in [5, 5.41) is 2.73. The molecular weight excluding hydrogens is 386 g/mol. The molecule has 2 aromatic carbocycles. The molecule has 0 spiro atoms. The summed E-state index contributed by atoms with van der Waals surface area (Å²) >= 11 is 1.58. The monoisotopic (exact) mass is 411 g/mol. The molecule has 0 radical (unpaired) electrons. The van der Waals surface area contributed by atoms with E-state index in [1.807, 2.05) is 24.5 Å². The van der Waals surface area contributed by atoms with Gasteiger partial charge in [0.25, 0.3) is 5.91 Å². The number of aryl methyl sites for hydroxylation is 2. The summed E-state index contributed by atoms with van der Waals surface area (Å²) in [5.41, 5.74) is 3.53. The van der Waals surface area contributed by atoms with E-state index in [0.717, 1.165) is 19.3 Å². The fourth-order valence-corrected chi connectivity index (χ4v) is 3.85. The van der Waals surface area contributed by atoms with Crippen LogP contribution in [0.2, 0.25) is 0 Å². The van der Waals surface area contributed by atoms with E-state index >= 15 is 0 Å². The molecule has 5 nitrogen and oxygen atoms in total. The smallest absolute Gasteiger partial charge is 0.329 e. The summed E-state index contributed by atoms with van der Waals surface area (Å²) in [6.07, 6.45) is 5.51. The normalized spacial score (nSPS) is 13.4. The van der Waals surface area contributed by atoms with Crippen LogP contribution in [-0.4, -0.2) is 42.3 Å². The number of rotatable bonds is 9. The molecule has 6 heteroatoms. The van der Waals surface area contributed by atoms with Crippen LogP contribution in [0.1, 0.15) is 44.7 Å². The lowest BCUT2D eigenvalue weighted by Gasteiger charge is -2.17. The average molecular weight is 412 g/mol. The Bertz CT molecular complexity index is 882. The third-order valence-electron chi connectivity index (χ3n) is 5.00. The van der Waals surface area contributed by atoms with E-state index in [1.54, 1.807) is 42.1 Å². The summed E-state index contributed by atoms with van der Waals surface area (Å²) in [4.78, 5) is 37.4. The molecule has 29 heavy (non-hydrogen) atoms. The van der Waals surface area contributed by atoms with Gasteiger partial charge in [0.15, 0.2) is 12.4 Å². The van der Waals surface area contributed by atoms with Crippen molar-refractivity contribution < 1.29 is 19.1 Å². The minimum absolute atomic E-state index is 0.231. The van der Waals surface area contributed by atoms with Crippen LogP contribution in [0.25, 0.3) is 0 Å². The molecule has 0 aliphatic heterocycles. The summed E-state index contributed by atoms with van der Waals surface area (Å²) in [7, 11) is 0. The summed E-state index contributed by atoms with van der Waals surface area (Å²) in [5.74, 6) is -0.462. The molecule has 0 bridgehead atoms. The maximum atomic E-state index is 12.5. The second-order valence-corrected chi connectivity index (χ2v) is 8.03. The fraction of sp³-hybridized carbons (Fsp3) is 0.348. The topological polar surface area (TPSA) is 72.5 Å². The molecule has 1 amide bonds. The van der Waals surface area contributed by atoms with Gasteiger partial charge in [0.05, 0.1) is 0 Å². The lowest BCUT2D eigenvalue weighted by atomic mass is 10.0. The molecular formula is C23H25NO4S. The maximum Gasteiger partial charge on any atom is 0.329 e. The quantitative estimate of drug-likeness (QED) is 0.505. The van der Waals surface area contributed by atoms with Crippen molar-refractivity contribution in [1.82, 2.24) is 5.32 Å². The minimum atomic E-state index is -0.789. The molecule has 0 unspecified atom stereocenters. The van der Waals surface area contributed by atoms with E-state index in [9.17, 15) is 14.4 Å². The van der Waals surface area contributed by atoms with Crippen molar-refractivity contribution in [2.24, 2.45) is 0 Å². The Kier molecular flexibility index (Phi) is 7.47. The lowest BCUT2D eigenvalue weighted by molar-refractivity contribution is -0.144. The van der Waals surface area contributed by atoms with Gasteiger partial charge in [0.1, 0.15) is 6.04 Å². The van der Waals surface area contributed by atoms with E-state index in [0.29, 0.717) is 23.3 Å². The number of nitrogens with one attached hydrogen (secondary N) is 1. The van der Waals surface area contributed by atoms with Gasteiger partial charge in [0.2, 0.25) is 0 Å². The number of esters is 1. The fourth-order valence-electron chi connectivity index (χ4n) is 3.38. The molecule has 2 aromatic rings. The van der Waals surface area contributed by atoms with Gasteiger partial charge >= 0.3 is 5.97 Å². The van der Waals surface area contributed by atoms with Gasteiger partial charge in [0, 0.05) is 11.1 Å². The standard InChI is InChI=1S/C23H25NO4S/c1-29-13-12-20(24-22(26)17-6-3-2-4-7-17)23(27)28-15-21(25)19-11-10-16-8-5-9-18(16)14-19/h2-4,6-7,10-11,14,20H,5,8-9,12-13,15H2,1H3,(H,24,26)/t20-/m1/s1. The molecule has 0 fully saturated rings. The average Bonchev–Trinajstić information content (AvgIpc) is 3.23. The largest absolute Gasteiger partial charge is 0.456 e. The first-order valence-corrected chi connectivity index (χ1v) is 11.1. The molecule has 1 aliphatic carbocycles. The zero-order chi connectivity index (χ0) is 20.6. The Balaban J connectivity index is 1.59. The maximum absolute atomic E-state index is 12.5. The van der Waals surface area contributed by atoms with Gasteiger partial charge in [-0.05, 0) is 67.0 Å². The first-order chi connectivity index (χ1) is 14.1. The van der Waals surface area contributed by atoms with Crippen molar-refractivity contribution in [3.63, 3.8) is 0 Å². The molecule has 0 saturated heterocycles. The number of ketones is 1. The summed E-state index contributed by atoms with van der Waals surface area (Å²) < 4.78 is 5.26. The number of ether oxygens (including phenoxy) is 1. The van der Waals surface area contributed by atoms with E-state index < -0.39 is 12.0 Å². The minimum Gasteiger partial charge on any atom is -0.456 e. The molecule has 1 aliphatic rings. The zero-order valence-corrected chi connectivity index (χ0v) is 17.3. The third kappa shape index (κ3) is 5.70. The Morgan fingerprint density at radius 1 is 1.03 bits per heavy atom. The molecule has 0 heterocycles. The number of thioether (sulfide) groups is 1. The van der Waals surface area contributed by atoms with Crippen LogP contribution < -0.4 is 5.32 Å². The molecule has 0 aromatic heterocycles. The van der Waals surface area contributed by atoms with E-state index in [4.69, 9.17) is 4.74 Å². The Labute approximate surface area is 175 Å². The first kappa shape index (κ1) is 21.1. The van der Waals surface area contributed by atoms with Crippen LogP contribution in [-0.2, 0) is 22.4 Å². The van der Waals surface area contributed by atoms with Crippen LogP contribution in [0, 0.1) is 0 Å². The van der Waals surface area contributed by atoms with E-state index in [1.165, 1.54) is 11.1 Å². The highest BCUT2D eigenvalue weighted by Crippen LogP contribution is 2.23. The number of hydrogen-bond donors (Lipinski definition) is 1. The highest BCUT2D eigenvalue weighted by molar-refractivity contribution is 7.98. The van der Waals surface area contributed by atoms with E-state index in [-0.39, 0.29) is 18.3 Å². The van der Waals surface area contributed by atoms with Crippen molar-refractivity contribution in [1.29, 1.82) is 0 Å². The number of Topliss-reactive ketones (excluding diaryl/α,β-unsaturated/α-hetero) is 1. The molecule has 152 valence electrons. The SMILES string of the molecule is CSCC[C@@H](NC(=O)c1ccccc1)C(=O)OCC(=O)c1ccc2c(c1)CCC2. The number of carbonyl (C=O) groups excluding carboxylic acids is 3. The Morgan fingerprint density at radius 2 is 1.79 bits per heavy atom. The molecule has 0 saturated carbocycles. The molecule has 1 N–H and O–H groups in total. The van der Waals surface area contributed by atoms with Crippen LogP contribution in [0.15, 0.2) is 48.5 Å². The zero-order valence-electron chi connectivity index (χ0n) is 16.5. The predicted molar refractivity (Wildman–Crippen MR) is 114 cm³/mol.